The van der Waals surface area contributed by atoms with E-state index < -0.39 is 11.7 Å². The number of hydrogen-bond donors (Lipinski definition) is 2. The van der Waals surface area contributed by atoms with E-state index in [0.717, 1.165) is 6.07 Å². The van der Waals surface area contributed by atoms with E-state index >= 15 is 0 Å². The molecule has 0 bridgehead atoms. The lowest BCUT2D eigenvalue weighted by Crippen LogP contribution is -2.13. The van der Waals surface area contributed by atoms with Gasteiger partial charge in [-0.1, -0.05) is 11.6 Å². The molecule has 2 rings (SSSR count). The molecule has 0 fully saturated rings. The predicted octanol–water partition coefficient (Wildman–Crippen LogP) is 3.19. The van der Waals surface area contributed by atoms with E-state index in [2.05, 4.69) is 5.32 Å². The first-order chi connectivity index (χ1) is 9.49. The Labute approximate surface area is 119 Å². The van der Waals surface area contributed by atoms with Crippen LogP contribution < -0.4 is 11.1 Å². The monoisotopic (exact) mass is 289 g/mol. The van der Waals surface area contributed by atoms with Crippen LogP contribution in [0.15, 0.2) is 36.4 Å². The SMILES string of the molecule is N#Cc1ccc(NC(=O)c2cc(N)cc(Cl)c2)c(F)c1. The highest BCUT2D eigenvalue weighted by Crippen LogP contribution is 2.20. The van der Waals surface area contributed by atoms with E-state index in [0.29, 0.717) is 10.7 Å². The van der Waals surface area contributed by atoms with Gasteiger partial charge in [-0.15, -0.1) is 0 Å². The van der Waals surface area contributed by atoms with E-state index in [-0.39, 0.29) is 16.8 Å². The van der Waals surface area contributed by atoms with E-state index in [9.17, 15) is 9.18 Å². The van der Waals surface area contributed by atoms with Crippen LogP contribution in [0, 0.1) is 17.1 Å². The van der Waals surface area contributed by atoms with E-state index in [1.54, 1.807) is 0 Å². The summed E-state index contributed by atoms with van der Waals surface area (Å²) >= 11 is 5.80. The van der Waals surface area contributed by atoms with Crippen molar-refractivity contribution in [3.05, 3.63) is 58.4 Å². The molecule has 100 valence electrons. The van der Waals surface area contributed by atoms with Crippen molar-refractivity contribution in [3.63, 3.8) is 0 Å². The summed E-state index contributed by atoms with van der Waals surface area (Å²) in [6.07, 6.45) is 0. The van der Waals surface area contributed by atoms with Crippen molar-refractivity contribution in [3.8, 4) is 6.07 Å². The van der Waals surface area contributed by atoms with Gasteiger partial charge in [-0.3, -0.25) is 4.79 Å². The molecule has 0 aliphatic heterocycles. The van der Waals surface area contributed by atoms with Gasteiger partial charge in [-0.2, -0.15) is 5.26 Å². The van der Waals surface area contributed by atoms with Gasteiger partial charge < -0.3 is 11.1 Å². The largest absolute Gasteiger partial charge is 0.399 e. The van der Waals surface area contributed by atoms with Crippen LogP contribution in [0.3, 0.4) is 0 Å². The number of nitrogen functional groups attached to an aromatic ring is 1. The molecule has 0 spiro atoms. The fraction of sp³-hybridized carbons (Fsp3) is 0. The van der Waals surface area contributed by atoms with Crippen molar-refractivity contribution in [1.82, 2.24) is 0 Å². The fourth-order valence-electron chi connectivity index (χ4n) is 1.62. The number of carbonyl (C=O) groups excluding carboxylic acids is 1. The average Bonchev–Trinajstić information content (AvgIpc) is 2.39. The molecule has 0 aliphatic rings. The highest BCUT2D eigenvalue weighted by Gasteiger charge is 2.11. The van der Waals surface area contributed by atoms with Crippen LogP contribution in [0.5, 0.6) is 0 Å². The zero-order chi connectivity index (χ0) is 14.7. The minimum Gasteiger partial charge on any atom is -0.399 e. The molecule has 2 aromatic carbocycles. The summed E-state index contributed by atoms with van der Waals surface area (Å²) in [6.45, 7) is 0. The maximum Gasteiger partial charge on any atom is 0.255 e. The summed E-state index contributed by atoms with van der Waals surface area (Å²) < 4.78 is 13.7. The summed E-state index contributed by atoms with van der Waals surface area (Å²) in [4.78, 5) is 12.0. The second-order valence-electron chi connectivity index (χ2n) is 4.03. The number of anilines is 2. The molecule has 0 saturated heterocycles. The molecule has 20 heavy (non-hydrogen) atoms. The zero-order valence-electron chi connectivity index (χ0n) is 10.2. The number of halogens is 2. The normalized spacial score (nSPS) is 9.85. The quantitative estimate of drug-likeness (QED) is 0.833. The number of nitriles is 1. The first-order valence-corrected chi connectivity index (χ1v) is 5.94. The van der Waals surface area contributed by atoms with E-state index in [1.165, 1.54) is 30.3 Å². The molecule has 1 amide bonds. The summed E-state index contributed by atoms with van der Waals surface area (Å²) in [6, 6.07) is 9.94. The van der Waals surface area contributed by atoms with Gasteiger partial charge in [-0.25, -0.2) is 4.39 Å². The van der Waals surface area contributed by atoms with Crippen LogP contribution >= 0.6 is 11.6 Å². The number of benzene rings is 2. The molecule has 0 radical (unpaired) electrons. The second kappa shape index (κ2) is 5.59. The second-order valence-corrected chi connectivity index (χ2v) is 4.47. The first kappa shape index (κ1) is 13.8. The summed E-state index contributed by atoms with van der Waals surface area (Å²) in [7, 11) is 0. The number of hydrogen-bond acceptors (Lipinski definition) is 3. The Kier molecular flexibility index (Phi) is 3.87. The van der Waals surface area contributed by atoms with Crippen molar-refractivity contribution < 1.29 is 9.18 Å². The number of rotatable bonds is 2. The Bertz CT molecular complexity index is 705. The van der Waals surface area contributed by atoms with Crippen molar-refractivity contribution >= 4 is 28.9 Å². The highest BCUT2D eigenvalue weighted by atomic mass is 35.5. The fourth-order valence-corrected chi connectivity index (χ4v) is 1.87. The Hall–Kier alpha value is -2.58. The summed E-state index contributed by atoms with van der Waals surface area (Å²) in [5, 5.41) is 11.4. The summed E-state index contributed by atoms with van der Waals surface area (Å²) in [5.41, 5.74) is 6.29. The molecule has 0 saturated carbocycles. The Morgan fingerprint density at radius 3 is 2.65 bits per heavy atom. The number of amides is 1. The van der Waals surface area contributed by atoms with Crippen LogP contribution in [0.1, 0.15) is 15.9 Å². The molecule has 6 heteroatoms. The molecule has 0 heterocycles. The lowest BCUT2D eigenvalue weighted by molar-refractivity contribution is 0.102. The van der Waals surface area contributed by atoms with Gasteiger partial charge in [0.15, 0.2) is 0 Å². The minimum atomic E-state index is -0.688. The third kappa shape index (κ3) is 3.05. The summed E-state index contributed by atoms with van der Waals surface area (Å²) in [5.74, 6) is -1.23. The van der Waals surface area contributed by atoms with Crippen molar-refractivity contribution in [2.24, 2.45) is 0 Å². The molecule has 0 unspecified atom stereocenters. The van der Waals surface area contributed by atoms with Crippen LogP contribution in [0.2, 0.25) is 5.02 Å². The van der Waals surface area contributed by atoms with Gasteiger partial charge in [0.1, 0.15) is 5.82 Å². The number of nitrogens with one attached hydrogen (secondary N) is 1. The molecule has 0 atom stereocenters. The molecule has 3 N–H and O–H groups in total. The molecular weight excluding hydrogens is 281 g/mol. The van der Waals surface area contributed by atoms with Crippen molar-refractivity contribution in [2.45, 2.75) is 0 Å². The van der Waals surface area contributed by atoms with Gasteiger partial charge in [0.25, 0.3) is 5.91 Å². The smallest absolute Gasteiger partial charge is 0.255 e. The lowest BCUT2D eigenvalue weighted by atomic mass is 10.1. The lowest BCUT2D eigenvalue weighted by Gasteiger charge is -2.07. The Balaban J connectivity index is 2.26. The maximum absolute atomic E-state index is 13.7. The van der Waals surface area contributed by atoms with Crippen LogP contribution in [0.4, 0.5) is 15.8 Å². The standard InChI is InChI=1S/C14H9ClFN3O/c15-10-4-9(5-11(18)6-10)14(20)19-13-2-1-8(7-17)3-12(13)16/h1-6H,18H2,(H,19,20). The van der Waals surface area contributed by atoms with Gasteiger partial charge in [0.05, 0.1) is 17.3 Å². The molecule has 4 nitrogen and oxygen atoms in total. The van der Waals surface area contributed by atoms with Crippen LogP contribution in [-0.4, -0.2) is 5.91 Å². The zero-order valence-corrected chi connectivity index (χ0v) is 10.9. The number of nitrogens with two attached hydrogens (primary N) is 1. The van der Waals surface area contributed by atoms with Gasteiger partial charge in [0.2, 0.25) is 0 Å². The van der Waals surface area contributed by atoms with E-state index in [1.807, 2.05) is 6.07 Å². The molecule has 2 aromatic rings. The maximum atomic E-state index is 13.7. The molecule has 0 aromatic heterocycles. The van der Waals surface area contributed by atoms with E-state index in [4.69, 9.17) is 22.6 Å². The number of carbonyl (C=O) groups is 1. The topological polar surface area (TPSA) is 78.9 Å². The van der Waals surface area contributed by atoms with Crippen molar-refractivity contribution in [2.75, 3.05) is 11.1 Å². The third-order valence-electron chi connectivity index (χ3n) is 2.53. The Morgan fingerprint density at radius 1 is 1.30 bits per heavy atom. The van der Waals surface area contributed by atoms with Crippen molar-refractivity contribution in [1.29, 1.82) is 5.26 Å². The number of nitrogens with zero attached hydrogens (tertiary/aromatic N) is 1. The Morgan fingerprint density at radius 2 is 2.05 bits per heavy atom. The first-order valence-electron chi connectivity index (χ1n) is 5.56. The third-order valence-corrected chi connectivity index (χ3v) is 2.75. The van der Waals surface area contributed by atoms with Crippen LogP contribution in [0.25, 0.3) is 0 Å². The molecular formula is C14H9ClFN3O. The molecule has 0 aliphatic carbocycles. The van der Waals surface area contributed by atoms with Gasteiger partial charge in [0, 0.05) is 16.3 Å². The van der Waals surface area contributed by atoms with Gasteiger partial charge >= 0.3 is 0 Å². The average molecular weight is 290 g/mol. The predicted molar refractivity (Wildman–Crippen MR) is 74.9 cm³/mol. The van der Waals surface area contributed by atoms with Crippen LogP contribution in [-0.2, 0) is 0 Å². The minimum absolute atomic E-state index is 0.0208. The highest BCUT2D eigenvalue weighted by molar-refractivity contribution is 6.31. The van der Waals surface area contributed by atoms with Gasteiger partial charge in [-0.05, 0) is 36.4 Å².